The Bertz CT molecular complexity index is 474. The van der Waals surface area contributed by atoms with Crippen LogP contribution in [0.15, 0.2) is 36.5 Å². The van der Waals surface area contributed by atoms with Gasteiger partial charge >= 0.3 is 0 Å². The number of hydrogen-bond acceptors (Lipinski definition) is 2. The molecule has 1 aromatic carbocycles. The second kappa shape index (κ2) is 5.78. The average molecular weight is 228 g/mol. The number of nitrogens with one attached hydrogen (secondary N) is 1. The molecule has 90 valence electrons. The Balaban J connectivity index is 2.08. The molecule has 0 aliphatic carbocycles. The van der Waals surface area contributed by atoms with Crippen molar-refractivity contribution in [1.82, 2.24) is 10.3 Å². The second-order valence-electron chi connectivity index (χ2n) is 4.63. The van der Waals surface area contributed by atoms with Gasteiger partial charge in [0.25, 0.3) is 0 Å². The van der Waals surface area contributed by atoms with Crippen LogP contribution >= 0.6 is 0 Å². The highest BCUT2D eigenvalue weighted by Gasteiger charge is 2.02. The van der Waals surface area contributed by atoms with Crippen LogP contribution in [-0.2, 0) is 6.54 Å². The predicted octanol–water partition coefficient (Wildman–Crippen LogP) is 3.37. The Morgan fingerprint density at radius 1 is 1.24 bits per heavy atom. The summed E-state index contributed by atoms with van der Waals surface area (Å²) >= 11 is 0. The number of fused-ring (bicyclic) bond motifs is 1. The molecule has 1 unspecified atom stereocenters. The first kappa shape index (κ1) is 12.1. The van der Waals surface area contributed by atoms with Gasteiger partial charge in [-0.05, 0) is 30.2 Å². The summed E-state index contributed by atoms with van der Waals surface area (Å²) in [7, 11) is 0. The van der Waals surface area contributed by atoms with Crippen LogP contribution in [0.5, 0.6) is 0 Å². The summed E-state index contributed by atoms with van der Waals surface area (Å²) in [5, 5.41) is 4.77. The van der Waals surface area contributed by atoms with Crippen LogP contribution < -0.4 is 5.32 Å². The fourth-order valence-corrected chi connectivity index (χ4v) is 1.91. The van der Waals surface area contributed by atoms with Crippen molar-refractivity contribution in [2.45, 2.75) is 26.8 Å². The summed E-state index contributed by atoms with van der Waals surface area (Å²) in [4.78, 5) is 4.37. The molecular weight excluding hydrogens is 208 g/mol. The molecule has 0 spiro atoms. The van der Waals surface area contributed by atoms with E-state index in [0.29, 0.717) is 0 Å². The van der Waals surface area contributed by atoms with Gasteiger partial charge in [-0.2, -0.15) is 0 Å². The van der Waals surface area contributed by atoms with E-state index in [4.69, 9.17) is 0 Å². The molecule has 0 radical (unpaired) electrons. The maximum absolute atomic E-state index is 4.37. The van der Waals surface area contributed by atoms with Crippen LogP contribution in [0.4, 0.5) is 0 Å². The summed E-state index contributed by atoms with van der Waals surface area (Å²) in [5.41, 5.74) is 2.41. The van der Waals surface area contributed by atoms with Crippen molar-refractivity contribution >= 4 is 10.9 Å². The zero-order valence-corrected chi connectivity index (χ0v) is 10.6. The molecule has 1 atom stereocenters. The number of pyridine rings is 1. The number of nitrogens with zero attached hydrogens (tertiary/aromatic N) is 1. The van der Waals surface area contributed by atoms with Crippen molar-refractivity contribution in [3.05, 3.63) is 42.1 Å². The van der Waals surface area contributed by atoms with Gasteiger partial charge in [0.05, 0.1) is 5.52 Å². The molecule has 0 saturated carbocycles. The van der Waals surface area contributed by atoms with Crippen molar-refractivity contribution in [1.29, 1.82) is 0 Å². The van der Waals surface area contributed by atoms with Crippen molar-refractivity contribution < 1.29 is 0 Å². The Morgan fingerprint density at radius 3 is 2.88 bits per heavy atom. The highest BCUT2D eigenvalue weighted by molar-refractivity contribution is 5.81. The third kappa shape index (κ3) is 3.04. The summed E-state index contributed by atoms with van der Waals surface area (Å²) in [6, 6.07) is 10.4. The third-order valence-electron chi connectivity index (χ3n) is 3.24. The third-order valence-corrected chi connectivity index (χ3v) is 3.24. The lowest BCUT2D eigenvalue weighted by Gasteiger charge is -2.11. The first-order chi connectivity index (χ1) is 8.31. The molecule has 1 N–H and O–H groups in total. The van der Waals surface area contributed by atoms with E-state index in [1.807, 2.05) is 12.3 Å². The molecule has 2 aromatic rings. The van der Waals surface area contributed by atoms with Crippen molar-refractivity contribution in [2.75, 3.05) is 6.54 Å². The Hall–Kier alpha value is -1.41. The van der Waals surface area contributed by atoms with Gasteiger partial charge in [0, 0.05) is 18.1 Å². The predicted molar refractivity (Wildman–Crippen MR) is 72.9 cm³/mol. The summed E-state index contributed by atoms with van der Waals surface area (Å²) in [6.07, 6.45) is 3.12. The SMILES string of the molecule is CCC(C)CNCc1ccnc2ccccc12. The van der Waals surface area contributed by atoms with E-state index in [1.54, 1.807) is 0 Å². The monoisotopic (exact) mass is 228 g/mol. The molecule has 2 nitrogen and oxygen atoms in total. The molecule has 1 aromatic heterocycles. The number of aromatic nitrogens is 1. The molecule has 0 aliphatic rings. The van der Waals surface area contributed by atoms with Crippen LogP contribution in [0.2, 0.25) is 0 Å². The van der Waals surface area contributed by atoms with Gasteiger partial charge in [-0.1, -0.05) is 38.5 Å². The van der Waals surface area contributed by atoms with Crippen LogP contribution in [0.1, 0.15) is 25.8 Å². The Labute approximate surface area is 103 Å². The first-order valence-corrected chi connectivity index (χ1v) is 6.34. The molecule has 2 rings (SSSR count). The summed E-state index contributed by atoms with van der Waals surface area (Å²) in [6.45, 7) is 6.51. The fourth-order valence-electron chi connectivity index (χ4n) is 1.91. The zero-order valence-electron chi connectivity index (χ0n) is 10.6. The standard InChI is InChI=1S/C15H20N2/c1-3-12(2)10-16-11-13-8-9-17-15-7-5-4-6-14(13)15/h4-9,12,16H,3,10-11H2,1-2H3. The van der Waals surface area contributed by atoms with Gasteiger partial charge in [-0.3, -0.25) is 4.98 Å². The van der Waals surface area contributed by atoms with Crippen molar-refractivity contribution in [3.63, 3.8) is 0 Å². The zero-order chi connectivity index (χ0) is 12.1. The smallest absolute Gasteiger partial charge is 0.0705 e. The lowest BCUT2D eigenvalue weighted by Crippen LogP contribution is -2.20. The van der Waals surface area contributed by atoms with E-state index in [2.05, 4.69) is 48.4 Å². The normalized spacial score (nSPS) is 12.8. The Kier molecular flexibility index (Phi) is 4.10. The minimum atomic E-state index is 0.739. The van der Waals surface area contributed by atoms with E-state index in [1.165, 1.54) is 17.4 Å². The lowest BCUT2D eigenvalue weighted by molar-refractivity contribution is 0.500. The van der Waals surface area contributed by atoms with Gasteiger partial charge in [-0.15, -0.1) is 0 Å². The number of hydrogen-bond donors (Lipinski definition) is 1. The van der Waals surface area contributed by atoms with Crippen molar-refractivity contribution in [2.24, 2.45) is 5.92 Å². The van der Waals surface area contributed by atoms with Gasteiger partial charge < -0.3 is 5.32 Å². The number of para-hydroxylation sites is 1. The molecule has 17 heavy (non-hydrogen) atoms. The largest absolute Gasteiger partial charge is 0.312 e. The molecule has 0 amide bonds. The molecule has 0 fully saturated rings. The molecular formula is C15H20N2. The molecule has 0 aliphatic heterocycles. The highest BCUT2D eigenvalue weighted by Crippen LogP contribution is 2.15. The van der Waals surface area contributed by atoms with E-state index >= 15 is 0 Å². The van der Waals surface area contributed by atoms with E-state index in [9.17, 15) is 0 Å². The summed E-state index contributed by atoms with van der Waals surface area (Å²) in [5.74, 6) is 0.739. The van der Waals surface area contributed by atoms with Gasteiger partial charge in [-0.25, -0.2) is 0 Å². The topological polar surface area (TPSA) is 24.9 Å². The average Bonchev–Trinajstić information content (AvgIpc) is 2.39. The van der Waals surface area contributed by atoms with E-state index in [0.717, 1.165) is 24.5 Å². The quantitative estimate of drug-likeness (QED) is 0.848. The molecule has 0 saturated heterocycles. The molecule has 1 heterocycles. The van der Waals surface area contributed by atoms with Crippen LogP contribution in [-0.4, -0.2) is 11.5 Å². The second-order valence-corrected chi connectivity index (χ2v) is 4.63. The number of rotatable bonds is 5. The number of benzene rings is 1. The van der Waals surface area contributed by atoms with E-state index < -0.39 is 0 Å². The first-order valence-electron chi connectivity index (χ1n) is 6.34. The lowest BCUT2D eigenvalue weighted by atomic mass is 10.1. The van der Waals surface area contributed by atoms with E-state index in [-0.39, 0.29) is 0 Å². The summed E-state index contributed by atoms with van der Waals surface area (Å²) < 4.78 is 0. The van der Waals surface area contributed by atoms with Gasteiger partial charge in [0.1, 0.15) is 0 Å². The highest BCUT2D eigenvalue weighted by atomic mass is 14.9. The minimum absolute atomic E-state index is 0.739. The van der Waals surface area contributed by atoms with Gasteiger partial charge in [0.2, 0.25) is 0 Å². The molecule has 2 heteroatoms. The van der Waals surface area contributed by atoms with Gasteiger partial charge in [0.15, 0.2) is 0 Å². The molecule has 0 bridgehead atoms. The maximum atomic E-state index is 4.37. The van der Waals surface area contributed by atoms with Crippen LogP contribution in [0.3, 0.4) is 0 Å². The van der Waals surface area contributed by atoms with Crippen LogP contribution in [0.25, 0.3) is 10.9 Å². The van der Waals surface area contributed by atoms with Crippen molar-refractivity contribution in [3.8, 4) is 0 Å². The maximum Gasteiger partial charge on any atom is 0.0705 e. The van der Waals surface area contributed by atoms with Crippen LogP contribution in [0, 0.1) is 5.92 Å². The fraction of sp³-hybridized carbons (Fsp3) is 0.400. The minimum Gasteiger partial charge on any atom is -0.312 e. The Morgan fingerprint density at radius 2 is 2.06 bits per heavy atom.